The van der Waals surface area contributed by atoms with Gasteiger partial charge < -0.3 is 9.80 Å². The van der Waals surface area contributed by atoms with Gasteiger partial charge in [-0.3, -0.25) is 9.69 Å². The van der Waals surface area contributed by atoms with Crippen molar-refractivity contribution < 1.29 is 4.79 Å². The molecule has 3 aliphatic rings. The van der Waals surface area contributed by atoms with Crippen LogP contribution in [0.4, 0.5) is 0 Å². The largest absolute Gasteiger partial charge is 0.340 e. The molecule has 0 aliphatic carbocycles. The molecule has 3 fully saturated rings. The summed E-state index contributed by atoms with van der Waals surface area (Å²) in [7, 11) is 0. The summed E-state index contributed by atoms with van der Waals surface area (Å²) in [5.41, 5.74) is 1.32. The van der Waals surface area contributed by atoms with E-state index in [1.165, 1.54) is 50.8 Å². The van der Waals surface area contributed by atoms with E-state index in [1.54, 1.807) is 0 Å². The fraction of sp³-hybridized carbons (Fsp3) is 0.682. The van der Waals surface area contributed by atoms with Gasteiger partial charge >= 0.3 is 0 Å². The maximum absolute atomic E-state index is 12.6. The predicted octanol–water partition coefficient (Wildman–Crippen LogP) is 2.64. The number of carbonyl (C=O) groups excluding carboxylic acids is 1. The van der Waals surface area contributed by atoms with E-state index in [4.69, 9.17) is 0 Å². The molecule has 0 N–H and O–H groups in total. The van der Waals surface area contributed by atoms with Gasteiger partial charge in [-0.25, -0.2) is 0 Å². The molecule has 0 aromatic heterocycles. The topological polar surface area (TPSA) is 26.8 Å². The summed E-state index contributed by atoms with van der Waals surface area (Å²) in [6.45, 7) is 7.14. The van der Waals surface area contributed by atoms with Crippen LogP contribution in [-0.4, -0.2) is 72.5 Å². The van der Waals surface area contributed by atoms with E-state index in [1.807, 2.05) is 6.07 Å². The summed E-state index contributed by atoms with van der Waals surface area (Å²) < 4.78 is 0. The molecule has 26 heavy (non-hydrogen) atoms. The standard InChI is InChI=1S/C22H33N3O/c26-22-18-23(15-16-25(22)14-11-19-7-2-1-3-8-19)17-20-9-6-13-24-12-5-4-10-21(20)24/h1-3,7-8,20-21H,4-6,9-18H2/t20-,21+/m0/s1. The van der Waals surface area contributed by atoms with Crippen LogP contribution in [0.25, 0.3) is 0 Å². The van der Waals surface area contributed by atoms with Crippen LogP contribution in [-0.2, 0) is 11.2 Å². The van der Waals surface area contributed by atoms with Gasteiger partial charge in [-0.2, -0.15) is 0 Å². The lowest BCUT2D eigenvalue weighted by Crippen LogP contribution is -2.55. The van der Waals surface area contributed by atoms with Gasteiger partial charge in [-0.15, -0.1) is 0 Å². The maximum Gasteiger partial charge on any atom is 0.236 e. The molecule has 1 aromatic carbocycles. The number of benzene rings is 1. The lowest BCUT2D eigenvalue weighted by Gasteiger charge is -2.46. The zero-order chi connectivity index (χ0) is 17.8. The van der Waals surface area contributed by atoms with Gasteiger partial charge in [0.1, 0.15) is 0 Å². The molecule has 0 unspecified atom stereocenters. The monoisotopic (exact) mass is 355 g/mol. The number of carbonyl (C=O) groups is 1. The van der Waals surface area contributed by atoms with Crippen molar-refractivity contribution in [1.82, 2.24) is 14.7 Å². The first kappa shape index (κ1) is 18.0. The molecule has 3 aliphatic heterocycles. The molecule has 1 amide bonds. The highest BCUT2D eigenvalue weighted by Gasteiger charge is 2.35. The molecule has 2 atom stereocenters. The molecule has 0 spiro atoms. The highest BCUT2D eigenvalue weighted by atomic mass is 16.2. The number of rotatable bonds is 5. The number of hydrogen-bond donors (Lipinski definition) is 0. The number of fused-ring (bicyclic) bond motifs is 1. The van der Waals surface area contributed by atoms with Gasteiger partial charge in [0, 0.05) is 32.2 Å². The third-order valence-corrected chi connectivity index (χ3v) is 6.63. The fourth-order valence-electron chi connectivity index (χ4n) is 5.18. The van der Waals surface area contributed by atoms with E-state index in [2.05, 4.69) is 39.0 Å². The Bertz CT molecular complexity index is 588. The van der Waals surface area contributed by atoms with Crippen LogP contribution in [0.3, 0.4) is 0 Å². The van der Waals surface area contributed by atoms with Crippen LogP contribution >= 0.6 is 0 Å². The molecular weight excluding hydrogens is 322 g/mol. The third-order valence-electron chi connectivity index (χ3n) is 6.63. The summed E-state index contributed by atoms with van der Waals surface area (Å²) in [5, 5.41) is 0. The molecule has 4 nitrogen and oxygen atoms in total. The molecule has 1 aromatic rings. The molecule has 142 valence electrons. The van der Waals surface area contributed by atoms with Crippen molar-refractivity contribution in [1.29, 1.82) is 0 Å². The molecule has 3 saturated heterocycles. The van der Waals surface area contributed by atoms with E-state index in [0.717, 1.165) is 44.6 Å². The third kappa shape index (κ3) is 4.29. The Morgan fingerprint density at radius 1 is 0.923 bits per heavy atom. The van der Waals surface area contributed by atoms with Crippen molar-refractivity contribution in [2.24, 2.45) is 5.92 Å². The fourth-order valence-corrected chi connectivity index (χ4v) is 5.18. The van der Waals surface area contributed by atoms with Gasteiger partial charge in [0.15, 0.2) is 0 Å². The van der Waals surface area contributed by atoms with Gasteiger partial charge in [0.25, 0.3) is 0 Å². The normalized spacial score (nSPS) is 28.2. The Morgan fingerprint density at radius 2 is 1.77 bits per heavy atom. The van der Waals surface area contributed by atoms with E-state index in [-0.39, 0.29) is 0 Å². The molecule has 3 heterocycles. The minimum Gasteiger partial charge on any atom is -0.340 e. The van der Waals surface area contributed by atoms with Crippen molar-refractivity contribution in [3.8, 4) is 0 Å². The first-order valence-electron chi connectivity index (χ1n) is 10.6. The molecule has 0 saturated carbocycles. The molecular formula is C22H33N3O. The maximum atomic E-state index is 12.6. The summed E-state index contributed by atoms with van der Waals surface area (Å²) in [5.74, 6) is 1.09. The van der Waals surface area contributed by atoms with E-state index in [9.17, 15) is 4.79 Å². The number of amides is 1. The van der Waals surface area contributed by atoms with Gasteiger partial charge in [0.05, 0.1) is 6.54 Å². The van der Waals surface area contributed by atoms with Gasteiger partial charge in [-0.05, 0) is 56.7 Å². The first-order chi connectivity index (χ1) is 12.8. The van der Waals surface area contributed by atoms with Crippen molar-refractivity contribution in [2.45, 2.75) is 44.6 Å². The van der Waals surface area contributed by atoms with Crippen LogP contribution in [0.2, 0.25) is 0 Å². The Morgan fingerprint density at radius 3 is 2.62 bits per heavy atom. The number of piperazine rings is 1. The number of nitrogens with zero attached hydrogens (tertiary/aromatic N) is 3. The molecule has 4 heteroatoms. The second-order valence-corrected chi connectivity index (χ2v) is 8.35. The average molecular weight is 356 g/mol. The summed E-state index contributed by atoms with van der Waals surface area (Å²) >= 11 is 0. The van der Waals surface area contributed by atoms with Crippen LogP contribution in [0.5, 0.6) is 0 Å². The van der Waals surface area contributed by atoms with E-state index < -0.39 is 0 Å². The van der Waals surface area contributed by atoms with Crippen molar-refractivity contribution in [3.63, 3.8) is 0 Å². The summed E-state index contributed by atoms with van der Waals surface area (Å²) in [6, 6.07) is 11.3. The Labute approximate surface area is 158 Å². The van der Waals surface area contributed by atoms with E-state index >= 15 is 0 Å². The lowest BCUT2D eigenvalue weighted by molar-refractivity contribution is -0.136. The second kappa shape index (κ2) is 8.53. The highest BCUT2D eigenvalue weighted by molar-refractivity contribution is 5.79. The Hall–Kier alpha value is -1.39. The Kier molecular flexibility index (Phi) is 5.91. The van der Waals surface area contributed by atoms with Gasteiger partial charge in [-0.1, -0.05) is 36.8 Å². The number of piperidine rings is 2. The summed E-state index contributed by atoms with van der Waals surface area (Å²) in [6.07, 6.45) is 7.79. The van der Waals surface area contributed by atoms with Crippen LogP contribution in [0, 0.1) is 5.92 Å². The second-order valence-electron chi connectivity index (χ2n) is 8.35. The minimum atomic E-state index is 0.323. The average Bonchev–Trinajstić information content (AvgIpc) is 2.68. The zero-order valence-corrected chi connectivity index (χ0v) is 16.0. The van der Waals surface area contributed by atoms with E-state index in [0.29, 0.717) is 12.5 Å². The quantitative estimate of drug-likeness (QED) is 0.812. The van der Waals surface area contributed by atoms with Gasteiger partial charge in [0.2, 0.25) is 5.91 Å². The molecule has 0 radical (unpaired) electrons. The lowest BCUT2D eigenvalue weighted by atomic mass is 9.83. The van der Waals surface area contributed by atoms with Crippen molar-refractivity contribution >= 4 is 5.91 Å². The Balaban J connectivity index is 1.26. The molecule has 4 rings (SSSR count). The number of hydrogen-bond acceptors (Lipinski definition) is 3. The SMILES string of the molecule is O=C1CN(C[C@@H]2CCCN3CCCC[C@H]23)CCN1CCc1ccccc1. The zero-order valence-electron chi connectivity index (χ0n) is 16.0. The van der Waals surface area contributed by atoms with Crippen LogP contribution < -0.4 is 0 Å². The summed E-state index contributed by atoms with van der Waals surface area (Å²) in [4.78, 5) is 19.9. The predicted molar refractivity (Wildman–Crippen MR) is 105 cm³/mol. The molecule has 0 bridgehead atoms. The van der Waals surface area contributed by atoms with Crippen molar-refractivity contribution in [3.05, 3.63) is 35.9 Å². The first-order valence-corrected chi connectivity index (χ1v) is 10.6. The highest BCUT2D eigenvalue weighted by Crippen LogP contribution is 2.31. The smallest absolute Gasteiger partial charge is 0.236 e. The van der Waals surface area contributed by atoms with Crippen LogP contribution in [0.1, 0.15) is 37.7 Å². The minimum absolute atomic E-state index is 0.323. The van der Waals surface area contributed by atoms with Crippen LogP contribution in [0.15, 0.2) is 30.3 Å². The van der Waals surface area contributed by atoms with Crippen molar-refractivity contribution in [2.75, 3.05) is 45.8 Å².